The van der Waals surface area contributed by atoms with Crippen molar-refractivity contribution in [2.45, 2.75) is 45.8 Å². The lowest BCUT2D eigenvalue weighted by atomic mass is 9.78. The highest BCUT2D eigenvalue weighted by atomic mass is 19.1. The van der Waals surface area contributed by atoms with Crippen LogP contribution in [0.1, 0.15) is 34.6 Å². The minimum atomic E-state index is -0.663. The Morgan fingerprint density at radius 2 is 1.74 bits per heavy atom. The summed E-state index contributed by atoms with van der Waals surface area (Å²) < 4.78 is 26.1. The van der Waals surface area contributed by atoms with E-state index in [2.05, 4.69) is 5.32 Å². The summed E-state index contributed by atoms with van der Waals surface area (Å²) >= 11 is 0. The molecule has 1 N–H and O–H groups in total. The van der Waals surface area contributed by atoms with E-state index in [1.807, 2.05) is 34.6 Å². The molecule has 0 saturated carbocycles. The highest BCUT2D eigenvalue weighted by molar-refractivity contribution is 6.62. The topological polar surface area (TPSA) is 30.5 Å². The summed E-state index contributed by atoms with van der Waals surface area (Å²) in [6.07, 6.45) is 0. The standard InChI is InChI=1S/C14H21BFNO2/c1-6-17-11-9-7-8-10(12(11)16)15-18-13(2,3)14(4,5)19-15/h7-9,17H,6H2,1-5H3. The molecule has 1 fully saturated rings. The van der Waals surface area contributed by atoms with Crippen LogP contribution in [0, 0.1) is 5.82 Å². The van der Waals surface area contributed by atoms with Crippen molar-refractivity contribution < 1.29 is 13.7 Å². The van der Waals surface area contributed by atoms with Gasteiger partial charge in [0.25, 0.3) is 0 Å². The van der Waals surface area contributed by atoms with Crippen LogP contribution in [0.4, 0.5) is 10.1 Å². The highest BCUT2D eigenvalue weighted by Crippen LogP contribution is 2.36. The maximum atomic E-state index is 14.4. The summed E-state index contributed by atoms with van der Waals surface area (Å²) in [6, 6.07) is 5.23. The molecule has 0 spiro atoms. The molecule has 3 nitrogen and oxygen atoms in total. The van der Waals surface area contributed by atoms with Crippen LogP contribution < -0.4 is 10.8 Å². The average Bonchev–Trinajstić information content (AvgIpc) is 2.51. The molecular formula is C14H21BFNO2. The van der Waals surface area contributed by atoms with E-state index in [0.717, 1.165) is 0 Å². The van der Waals surface area contributed by atoms with Crippen molar-refractivity contribution in [3.63, 3.8) is 0 Å². The second-order valence-corrected chi connectivity index (χ2v) is 5.83. The normalized spacial score (nSPS) is 20.6. The Labute approximate surface area is 114 Å². The predicted molar refractivity (Wildman–Crippen MR) is 76.3 cm³/mol. The number of anilines is 1. The second kappa shape index (κ2) is 4.80. The van der Waals surface area contributed by atoms with E-state index in [0.29, 0.717) is 17.7 Å². The quantitative estimate of drug-likeness (QED) is 0.852. The molecular weight excluding hydrogens is 244 g/mol. The van der Waals surface area contributed by atoms with Crippen molar-refractivity contribution >= 4 is 18.3 Å². The summed E-state index contributed by atoms with van der Waals surface area (Å²) in [6.45, 7) is 10.4. The average molecular weight is 265 g/mol. The molecule has 1 heterocycles. The second-order valence-electron chi connectivity index (χ2n) is 5.83. The van der Waals surface area contributed by atoms with Gasteiger partial charge in [0.1, 0.15) is 5.82 Å². The molecule has 0 aromatic heterocycles. The van der Waals surface area contributed by atoms with Crippen LogP contribution in [-0.2, 0) is 9.31 Å². The van der Waals surface area contributed by atoms with Gasteiger partial charge in [0.15, 0.2) is 0 Å². The fraction of sp³-hybridized carbons (Fsp3) is 0.571. The molecule has 0 atom stereocenters. The third kappa shape index (κ3) is 2.49. The van der Waals surface area contributed by atoms with Gasteiger partial charge in [-0.2, -0.15) is 0 Å². The van der Waals surface area contributed by atoms with Gasteiger partial charge >= 0.3 is 7.12 Å². The molecule has 2 rings (SSSR count). The summed E-state index contributed by atoms with van der Waals surface area (Å²) in [5.41, 5.74) is 0.00293. The molecule has 1 aliphatic rings. The summed E-state index contributed by atoms with van der Waals surface area (Å²) in [7, 11) is -0.663. The van der Waals surface area contributed by atoms with Crippen LogP contribution in [0.3, 0.4) is 0 Å². The molecule has 19 heavy (non-hydrogen) atoms. The van der Waals surface area contributed by atoms with E-state index in [4.69, 9.17) is 9.31 Å². The van der Waals surface area contributed by atoms with Crippen molar-refractivity contribution in [2.75, 3.05) is 11.9 Å². The molecule has 1 aromatic rings. The predicted octanol–water partition coefficient (Wildman–Crippen LogP) is 2.56. The van der Waals surface area contributed by atoms with E-state index in [1.54, 1.807) is 18.2 Å². The Balaban J connectivity index is 2.32. The van der Waals surface area contributed by atoms with Gasteiger partial charge in [-0.1, -0.05) is 12.1 Å². The SMILES string of the molecule is CCNc1cccc(B2OC(C)(C)C(C)(C)O2)c1F. The first kappa shape index (κ1) is 14.3. The maximum Gasteiger partial charge on any atom is 0.497 e. The zero-order valence-corrected chi connectivity index (χ0v) is 12.2. The van der Waals surface area contributed by atoms with Crippen molar-refractivity contribution in [3.05, 3.63) is 24.0 Å². The maximum absolute atomic E-state index is 14.4. The number of benzene rings is 1. The molecule has 5 heteroatoms. The third-order valence-corrected chi connectivity index (χ3v) is 3.90. The largest absolute Gasteiger partial charge is 0.497 e. The van der Waals surface area contributed by atoms with Gasteiger partial charge in [-0.25, -0.2) is 4.39 Å². The summed E-state index contributed by atoms with van der Waals surface area (Å²) in [5, 5.41) is 3.00. The molecule has 1 saturated heterocycles. The molecule has 0 amide bonds. The van der Waals surface area contributed by atoms with Crippen LogP contribution in [0.2, 0.25) is 0 Å². The van der Waals surface area contributed by atoms with E-state index < -0.39 is 18.3 Å². The van der Waals surface area contributed by atoms with Crippen LogP contribution >= 0.6 is 0 Å². The van der Waals surface area contributed by atoms with Gasteiger partial charge in [0.05, 0.1) is 16.9 Å². The summed E-state index contributed by atoms with van der Waals surface area (Å²) in [5.74, 6) is -0.303. The van der Waals surface area contributed by atoms with Gasteiger partial charge in [-0.3, -0.25) is 0 Å². The molecule has 0 bridgehead atoms. The van der Waals surface area contributed by atoms with Crippen molar-refractivity contribution in [2.24, 2.45) is 0 Å². The number of hydrogen-bond donors (Lipinski definition) is 1. The monoisotopic (exact) mass is 265 g/mol. The van der Waals surface area contributed by atoms with E-state index in [-0.39, 0.29) is 5.82 Å². The first-order chi connectivity index (χ1) is 8.78. The highest BCUT2D eigenvalue weighted by Gasteiger charge is 2.52. The van der Waals surface area contributed by atoms with Gasteiger partial charge in [-0.15, -0.1) is 0 Å². The van der Waals surface area contributed by atoms with Crippen molar-refractivity contribution in [3.8, 4) is 0 Å². The smallest absolute Gasteiger partial charge is 0.399 e. The van der Waals surface area contributed by atoms with Crippen LogP contribution in [0.15, 0.2) is 18.2 Å². The Hall–Kier alpha value is -1.07. The molecule has 104 valence electrons. The van der Waals surface area contributed by atoms with Crippen LogP contribution in [0.25, 0.3) is 0 Å². The lowest BCUT2D eigenvalue weighted by Crippen LogP contribution is -2.41. The Kier molecular flexibility index (Phi) is 3.62. The van der Waals surface area contributed by atoms with Gasteiger partial charge in [-0.05, 0) is 40.7 Å². The van der Waals surface area contributed by atoms with Crippen LogP contribution in [0.5, 0.6) is 0 Å². The fourth-order valence-electron chi connectivity index (χ4n) is 2.03. The number of nitrogens with one attached hydrogen (secondary N) is 1. The van der Waals surface area contributed by atoms with E-state index in [1.165, 1.54) is 0 Å². The molecule has 0 radical (unpaired) electrons. The number of rotatable bonds is 3. The van der Waals surface area contributed by atoms with Crippen LogP contribution in [-0.4, -0.2) is 24.9 Å². The lowest BCUT2D eigenvalue weighted by Gasteiger charge is -2.32. The van der Waals surface area contributed by atoms with Gasteiger partial charge < -0.3 is 14.6 Å². The van der Waals surface area contributed by atoms with Crippen molar-refractivity contribution in [1.82, 2.24) is 0 Å². The van der Waals surface area contributed by atoms with Gasteiger partial charge in [0.2, 0.25) is 0 Å². The van der Waals surface area contributed by atoms with E-state index >= 15 is 0 Å². The lowest BCUT2D eigenvalue weighted by molar-refractivity contribution is 0.00578. The molecule has 1 aromatic carbocycles. The fourth-order valence-corrected chi connectivity index (χ4v) is 2.03. The third-order valence-electron chi connectivity index (χ3n) is 3.90. The Morgan fingerprint density at radius 3 is 2.26 bits per heavy atom. The van der Waals surface area contributed by atoms with Crippen molar-refractivity contribution in [1.29, 1.82) is 0 Å². The molecule has 0 aliphatic carbocycles. The van der Waals surface area contributed by atoms with E-state index in [9.17, 15) is 4.39 Å². The number of hydrogen-bond acceptors (Lipinski definition) is 3. The number of halogens is 1. The first-order valence-corrected chi connectivity index (χ1v) is 6.66. The molecule has 1 aliphatic heterocycles. The minimum absolute atomic E-state index is 0.303. The Bertz CT molecular complexity index is 461. The zero-order chi connectivity index (χ0) is 14.3. The Morgan fingerprint density at radius 1 is 1.16 bits per heavy atom. The minimum Gasteiger partial charge on any atom is -0.399 e. The molecule has 0 unspecified atom stereocenters. The first-order valence-electron chi connectivity index (χ1n) is 6.66. The summed E-state index contributed by atoms with van der Waals surface area (Å²) in [4.78, 5) is 0. The zero-order valence-electron chi connectivity index (χ0n) is 12.2. The van der Waals surface area contributed by atoms with Gasteiger partial charge in [0, 0.05) is 12.0 Å².